The number of rotatable bonds is 7. The molecule has 2 aliphatic rings. The number of aryl methyl sites for hydroxylation is 1. The summed E-state index contributed by atoms with van der Waals surface area (Å²) in [7, 11) is 0. The Morgan fingerprint density at radius 1 is 1.32 bits per heavy atom. The number of piperidine rings is 1. The second-order valence-electron chi connectivity index (χ2n) is 8.42. The minimum absolute atomic E-state index is 0.0191. The van der Waals surface area contributed by atoms with E-state index >= 15 is 0 Å². The van der Waals surface area contributed by atoms with Gasteiger partial charge in [-0.25, -0.2) is 14.4 Å². The van der Waals surface area contributed by atoms with Crippen LogP contribution in [0.3, 0.4) is 0 Å². The van der Waals surface area contributed by atoms with Crippen molar-refractivity contribution in [2.45, 2.75) is 32.3 Å². The Hall–Kier alpha value is -3.37. The lowest BCUT2D eigenvalue weighted by molar-refractivity contribution is 0.100. The van der Waals surface area contributed by atoms with Crippen LogP contribution in [0.25, 0.3) is 10.2 Å². The number of benzene rings is 1. The number of likely N-dealkylation sites (tertiary alicyclic amines) is 1. The Labute approximate surface area is 200 Å². The van der Waals surface area contributed by atoms with Crippen LogP contribution in [0.15, 0.2) is 41.3 Å². The first kappa shape index (κ1) is 22.4. The van der Waals surface area contributed by atoms with E-state index in [9.17, 15) is 9.18 Å². The molecule has 5 rings (SSSR count). The normalized spacial score (nSPS) is 16.7. The number of ether oxygens (including phenoxy) is 1. The number of nitrogens with two attached hydrogens (primary N) is 1. The molecule has 8 nitrogen and oxygen atoms in total. The Morgan fingerprint density at radius 2 is 2.15 bits per heavy atom. The number of primary amides is 1. The molecule has 0 radical (unpaired) electrons. The average Bonchev–Trinajstić information content (AvgIpc) is 3.45. The number of aliphatic imine (C=N–C) groups is 1. The summed E-state index contributed by atoms with van der Waals surface area (Å²) >= 11 is 1.23. The molecular weight excluding hydrogens is 455 g/mol. The third kappa shape index (κ3) is 4.64. The van der Waals surface area contributed by atoms with Crippen molar-refractivity contribution in [3.05, 3.63) is 52.6 Å². The van der Waals surface area contributed by atoms with Gasteiger partial charge in [0.25, 0.3) is 5.91 Å². The Bertz CT molecular complexity index is 1300. The Kier molecular flexibility index (Phi) is 6.25. The van der Waals surface area contributed by atoms with Crippen LogP contribution >= 0.6 is 11.3 Å². The smallest absolute Gasteiger partial charge is 0.259 e. The van der Waals surface area contributed by atoms with Gasteiger partial charge in [0.1, 0.15) is 34.6 Å². The van der Waals surface area contributed by atoms with Crippen LogP contribution in [0.2, 0.25) is 0 Å². The van der Waals surface area contributed by atoms with Gasteiger partial charge in [-0.15, -0.1) is 11.3 Å². The molecule has 1 fully saturated rings. The van der Waals surface area contributed by atoms with E-state index < -0.39 is 5.91 Å². The molecule has 176 valence electrons. The van der Waals surface area contributed by atoms with Gasteiger partial charge in [0.05, 0.1) is 21.6 Å². The van der Waals surface area contributed by atoms with Gasteiger partial charge in [-0.05, 0) is 37.5 Å². The standard InChI is InChI=1S/C24H25FN6O2S/c1-14-20-23(28-13-29-24(20)34-21(14)22(26)32)30-18-5-4-15(25)11-19(18)33-17-6-9-31(10-7-17)12-16-3-2-8-27-16/h3-5,8,11,13,17H,2,6-7,9-10,12H2,1H3,(H2,26,32)(H,28,29,30). The van der Waals surface area contributed by atoms with Crippen LogP contribution in [0, 0.1) is 12.7 Å². The molecule has 2 aliphatic heterocycles. The van der Waals surface area contributed by atoms with Gasteiger partial charge in [-0.1, -0.05) is 6.08 Å². The third-order valence-corrected chi connectivity index (χ3v) is 7.29. The molecule has 1 aromatic carbocycles. The van der Waals surface area contributed by atoms with Crippen LogP contribution in [-0.2, 0) is 0 Å². The highest BCUT2D eigenvalue weighted by Crippen LogP contribution is 2.37. The number of thiophene rings is 1. The fourth-order valence-electron chi connectivity index (χ4n) is 4.34. The number of anilines is 2. The van der Waals surface area contributed by atoms with Crippen molar-refractivity contribution in [3.8, 4) is 5.75 Å². The highest BCUT2D eigenvalue weighted by atomic mass is 32.1. The van der Waals surface area contributed by atoms with E-state index in [4.69, 9.17) is 10.5 Å². The second-order valence-corrected chi connectivity index (χ2v) is 9.42. The summed E-state index contributed by atoms with van der Waals surface area (Å²) in [5.41, 5.74) is 7.94. The molecule has 0 bridgehead atoms. The lowest BCUT2D eigenvalue weighted by Gasteiger charge is -2.32. The monoisotopic (exact) mass is 480 g/mol. The maximum Gasteiger partial charge on any atom is 0.259 e. The number of nitrogens with one attached hydrogen (secondary N) is 1. The summed E-state index contributed by atoms with van der Waals surface area (Å²) in [6.07, 6.45) is 8.09. The number of halogens is 1. The van der Waals surface area contributed by atoms with Crippen molar-refractivity contribution < 1.29 is 13.9 Å². The molecular formula is C24H25FN6O2S. The number of hydrogen-bond acceptors (Lipinski definition) is 8. The third-order valence-electron chi connectivity index (χ3n) is 6.08. The van der Waals surface area contributed by atoms with Crippen LogP contribution in [-0.4, -0.2) is 52.7 Å². The number of amides is 1. The lowest BCUT2D eigenvalue weighted by atomic mass is 10.1. The molecule has 0 spiro atoms. The SMILES string of the molecule is Cc1c(C(N)=O)sc2ncnc(Nc3ccc(F)cc3OC3CCN(CC4=CCC=N4)CC3)c12. The van der Waals surface area contributed by atoms with Crippen LogP contribution in [0.1, 0.15) is 34.5 Å². The molecule has 3 N–H and O–H groups in total. The van der Waals surface area contributed by atoms with E-state index in [0.29, 0.717) is 37.9 Å². The molecule has 3 aromatic rings. The fourth-order valence-corrected chi connectivity index (χ4v) is 5.34. The van der Waals surface area contributed by atoms with Gasteiger partial charge in [-0.2, -0.15) is 0 Å². The number of nitrogens with zero attached hydrogens (tertiary/aromatic N) is 4. The summed E-state index contributed by atoms with van der Waals surface area (Å²) < 4.78 is 20.4. The Morgan fingerprint density at radius 3 is 2.88 bits per heavy atom. The molecule has 2 aromatic heterocycles. The van der Waals surface area contributed by atoms with E-state index in [0.717, 1.165) is 44.6 Å². The summed E-state index contributed by atoms with van der Waals surface area (Å²) in [6, 6.07) is 4.40. The van der Waals surface area contributed by atoms with Crippen LogP contribution in [0.4, 0.5) is 15.9 Å². The number of hydrogen-bond donors (Lipinski definition) is 2. The van der Waals surface area contributed by atoms with Gasteiger partial charge in [0, 0.05) is 38.3 Å². The zero-order valence-corrected chi connectivity index (χ0v) is 19.6. The molecule has 0 unspecified atom stereocenters. The molecule has 34 heavy (non-hydrogen) atoms. The predicted molar refractivity (Wildman–Crippen MR) is 132 cm³/mol. The van der Waals surface area contributed by atoms with Crippen molar-refractivity contribution in [1.82, 2.24) is 14.9 Å². The molecule has 0 saturated carbocycles. The van der Waals surface area contributed by atoms with Gasteiger partial charge in [0.15, 0.2) is 0 Å². The highest BCUT2D eigenvalue weighted by molar-refractivity contribution is 7.20. The number of fused-ring (bicyclic) bond motifs is 1. The van der Waals surface area contributed by atoms with Crippen LogP contribution in [0.5, 0.6) is 5.75 Å². The largest absolute Gasteiger partial charge is 0.488 e. The molecule has 4 heterocycles. The minimum Gasteiger partial charge on any atom is -0.488 e. The van der Waals surface area contributed by atoms with E-state index in [1.54, 1.807) is 6.07 Å². The maximum atomic E-state index is 14.1. The Balaban J connectivity index is 1.33. The zero-order valence-electron chi connectivity index (χ0n) is 18.8. The minimum atomic E-state index is -0.500. The zero-order chi connectivity index (χ0) is 23.7. The van der Waals surface area contributed by atoms with E-state index in [2.05, 4.69) is 31.3 Å². The lowest BCUT2D eigenvalue weighted by Crippen LogP contribution is -2.39. The average molecular weight is 481 g/mol. The van der Waals surface area contributed by atoms with Crippen molar-refractivity contribution in [2.24, 2.45) is 10.7 Å². The fraction of sp³-hybridized carbons (Fsp3) is 0.333. The van der Waals surface area contributed by atoms with Crippen molar-refractivity contribution in [1.29, 1.82) is 0 Å². The van der Waals surface area contributed by atoms with Gasteiger partial charge < -0.3 is 15.8 Å². The summed E-state index contributed by atoms with van der Waals surface area (Å²) in [4.78, 5) is 28.3. The quantitative estimate of drug-likeness (QED) is 0.526. The van der Waals surface area contributed by atoms with Gasteiger partial charge >= 0.3 is 0 Å². The molecule has 1 saturated heterocycles. The second kappa shape index (κ2) is 9.47. The molecule has 10 heteroatoms. The molecule has 1 amide bonds. The topological polar surface area (TPSA) is 106 Å². The molecule has 0 aliphatic carbocycles. The van der Waals surface area contributed by atoms with E-state index in [-0.39, 0.29) is 11.9 Å². The van der Waals surface area contributed by atoms with Crippen LogP contribution < -0.4 is 15.8 Å². The van der Waals surface area contributed by atoms with Crippen molar-refractivity contribution >= 4 is 45.2 Å². The van der Waals surface area contributed by atoms with Crippen molar-refractivity contribution in [2.75, 3.05) is 25.0 Å². The van der Waals surface area contributed by atoms with E-state index in [1.807, 2.05) is 13.1 Å². The highest BCUT2D eigenvalue weighted by Gasteiger charge is 2.23. The van der Waals surface area contributed by atoms with Crippen molar-refractivity contribution in [3.63, 3.8) is 0 Å². The number of aromatic nitrogens is 2. The first-order valence-corrected chi connectivity index (χ1v) is 12.0. The maximum absolute atomic E-state index is 14.1. The first-order chi connectivity index (χ1) is 16.5. The van der Waals surface area contributed by atoms with E-state index in [1.165, 1.54) is 29.8 Å². The van der Waals surface area contributed by atoms with Gasteiger partial charge in [-0.3, -0.25) is 14.7 Å². The summed E-state index contributed by atoms with van der Waals surface area (Å²) in [5, 5.41) is 3.98. The first-order valence-electron chi connectivity index (χ1n) is 11.2. The summed E-state index contributed by atoms with van der Waals surface area (Å²) in [6.45, 7) is 4.46. The molecule has 0 atom stereocenters. The van der Waals surface area contributed by atoms with Gasteiger partial charge in [0.2, 0.25) is 0 Å². The number of allylic oxidation sites excluding steroid dienone is 1. The number of carbonyl (C=O) groups excluding carboxylic acids is 1. The summed E-state index contributed by atoms with van der Waals surface area (Å²) in [5.74, 6) is 0.0680. The number of carbonyl (C=O) groups is 1. The predicted octanol–water partition coefficient (Wildman–Crippen LogP) is 4.18.